The Labute approximate surface area is 183 Å². The van der Waals surface area contributed by atoms with Crippen LogP contribution in [0.25, 0.3) is 10.2 Å². The zero-order valence-corrected chi connectivity index (χ0v) is 18.4. The third kappa shape index (κ3) is 5.03. The number of halogens is 2. The van der Waals surface area contributed by atoms with Crippen LogP contribution in [0, 0.1) is 0 Å². The Morgan fingerprint density at radius 2 is 1.96 bits per heavy atom. The molecule has 5 nitrogen and oxygen atoms in total. The van der Waals surface area contributed by atoms with Gasteiger partial charge in [-0.2, -0.15) is 0 Å². The maximum absolute atomic E-state index is 13.1. The van der Waals surface area contributed by atoms with Gasteiger partial charge in [0.1, 0.15) is 0 Å². The van der Waals surface area contributed by atoms with Crippen molar-refractivity contribution in [1.29, 1.82) is 0 Å². The van der Waals surface area contributed by atoms with E-state index < -0.39 is 0 Å². The number of fused-ring (bicyclic) bond motifs is 1. The molecule has 150 valence electrons. The first-order valence-corrected chi connectivity index (χ1v) is 10.9. The summed E-state index contributed by atoms with van der Waals surface area (Å²) < 4.78 is 7.11. The minimum absolute atomic E-state index is 0. The van der Waals surface area contributed by atoms with Gasteiger partial charge in [-0.3, -0.25) is 14.6 Å². The summed E-state index contributed by atoms with van der Waals surface area (Å²) >= 11 is 8.91. The molecule has 1 aliphatic rings. The lowest BCUT2D eigenvalue weighted by Gasteiger charge is -2.27. The molecule has 4 rings (SSSR count). The Bertz CT molecular complexity index is 892. The highest BCUT2D eigenvalue weighted by Crippen LogP contribution is 2.31. The number of ether oxygens (including phenoxy) is 1. The summed E-state index contributed by atoms with van der Waals surface area (Å²) in [6.07, 6.45) is 0.890. The van der Waals surface area contributed by atoms with Gasteiger partial charge in [0.2, 0.25) is 0 Å². The second-order valence-corrected chi connectivity index (χ2v) is 9.06. The number of anilines is 1. The highest BCUT2D eigenvalue weighted by molar-refractivity contribution is 7.22. The molecule has 1 fully saturated rings. The number of amides is 1. The largest absolute Gasteiger partial charge is 0.379 e. The van der Waals surface area contributed by atoms with Gasteiger partial charge in [-0.25, -0.2) is 4.98 Å². The summed E-state index contributed by atoms with van der Waals surface area (Å²) in [5, 5.41) is 0.743. The van der Waals surface area contributed by atoms with E-state index in [-0.39, 0.29) is 18.3 Å². The molecular weight excluding hydrogens is 437 g/mol. The first-order chi connectivity index (χ1) is 13.2. The number of nitrogens with zero attached hydrogens (tertiary/aromatic N) is 3. The van der Waals surface area contributed by atoms with Gasteiger partial charge in [0, 0.05) is 26.2 Å². The van der Waals surface area contributed by atoms with Gasteiger partial charge < -0.3 is 4.74 Å². The molecule has 0 saturated carbocycles. The Hall–Kier alpha value is -1.22. The Morgan fingerprint density at radius 3 is 2.68 bits per heavy atom. The summed E-state index contributed by atoms with van der Waals surface area (Å²) in [4.78, 5) is 22.6. The van der Waals surface area contributed by atoms with E-state index in [9.17, 15) is 4.79 Å². The molecule has 0 bridgehead atoms. The molecule has 1 amide bonds. The second kappa shape index (κ2) is 10.0. The van der Waals surface area contributed by atoms with Crippen molar-refractivity contribution < 1.29 is 9.53 Å². The summed E-state index contributed by atoms with van der Waals surface area (Å²) in [5.41, 5.74) is 0.924. The van der Waals surface area contributed by atoms with Crippen LogP contribution in [0.4, 0.5) is 5.13 Å². The molecular formula is C19H21Cl2N3O2S2. The van der Waals surface area contributed by atoms with Crippen molar-refractivity contribution in [3.63, 3.8) is 0 Å². The number of hydrogen-bond donors (Lipinski definition) is 0. The van der Waals surface area contributed by atoms with Crippen LogP contribution < -0.4 is 4.90 Å². The van der Waals surface area contributed by atoms with Crippen LogP contribution in [0.3, 0.4) is 0 Å². The topological polar surface area (TPSA) is 45.7 Å². The van der Waals surface area contributed by atoms with E-state index in [0.29, 0.717) is 15.8 Å². The lowest BCUT2D eigenvalue weighted by Crippen LogP contribution is -2.39. The fourth-order valence-electron chi connectivity index (χ4n) is 3.10. The van der Waals surface area contributed by atoms with E-state index in [1.54, 1.807) is 28.4 Å². The maximum atomic E-state index is 13.1. The average Bonchev–Trinajstić information content (AvgIpc) is 3.31. The fraction of sp³-hybridized carbons (Fsp3) is 0.368. The molecule has 0 atom stereocenters. The molecule has 28 heavy (non-hydrogen) atoms. The summed E-state index contributed by atoms with van der Waals surface area (Å²) in [6, 6.07) is 11.5. The molecule has 1 aromatic carbocycles. The molecule has 2 aromatic heterocycles. The Morgan fingerprint density at radius 1 is 1.18 bits per heavy atom. The third-order valence-corrected chi connectivity index (χ3v) is 6.78. The number of morpholine rings is 1. The number of thiophene rings is 1. The molecule has 0 aliphatic carbocycles. The first kappa shape index (κ1) is 21.5. The molecule has 1 saturated heterocycles. The van der Waals surface area contributed by atoms with Crippen molar-refractivity contribution in [2.24, 2.45) is 0 Å². The number of carbonyl (C=O) groups is 1. The number of benzene rings is 1. The zero-order valence-electron chi connectivity index (χ0n) is 15.2. The van der Waals surface area contributed by atoms with Crippen molar-refractivity contribution in [2.75, 3.05) is 44.3 Å². The fourth-order valence-corrected chi connectivity index (χ4v) is 5.08. The van der Waals surface area contributed by atoms with Crippen LogP contribution in [0.5, 0.6) is 0 Å². The monoisotopic (exact) mass is 457 g/mol. The highest BCUT2D eigenvalue weighted by atomic mass is 35.5. The summed E-state index contributed by atoms with van der Waals surface area (Å²) in [7, 11) is 0. The Kier molecular flexibility index (Phi) is 7.68. The number of rotatable bonds is 6. The summed E-state index contributed by atoms with van der Waals surface area (Å²) in [6.45, 7) is 5.06. The molecule has 3 aromatic rings. The number of aromatic nitrogens is 1. The van der Waals surface area contributed by atoms with Crippen LogP contribution >= 0.6 is 46.7 Å². The molecule has 0 N–H and O–H groups in total. The van der Waals surface area contributed by atoms with Crippen LogP contribution in [0.15, 0.2) is 36.4 Å². The van der Waals surface area contributed by atoms with Gasteiger partial charge >= 0.3 is 0 Å². The summed E-state index contributed by atoms with van der Waals surface area (Å²) in [5.74, 6) is -0.0343. The van der Waals surface area contributed by atoms with Crippen molar-refractivity contribution in [2.45, 2.75) is 6.42 Å². The first-order valence-electron chi connectivity index (χ1n) is 8.93. The van der Waals surface area contributed by atoms with E-state index in [4.69, 9.17) is 21.3 Å². The lowest BCUT2D eigenvalue weighted by atomic mass is 10.3. The van der Waals surface area contributed by atoms with Crippen molar-refractivity contribution >= 4 is 67.9 Å². The van der Waals surface area contributed by atoms with E-state index in [2.05, 4.69) is 4.90 Å². The number of para-hydroxylation sites is 1. The van der Waals surface area contributed by atoms with Crippen molar-refractivity contribution in [3.8, 4) is 0 Å². The average molecular weight is 458 g/mol. The quantitative estimate of drug-likeness (QED) is 0.532. The van der Waals surface area contributed by atoms with Crippen LogP contribution in [-0.2, 0) is 4.74 Å². The van der Waals surface area contributed by atoms with Crippen LogP contribution in [-0.4, -0.2) is 55.2 Å². The second-order valence-electron chi connectivity index (χ2n) is 6.33. The lowest BCUT2D eigenvalue weighted by molar-refractivity contribution is 0.0376. The standard InChI is InChI=1S/C19H20ClN3O2S2.ClH/c20-17-7-6-16(26-17)18(24)23(9-3-8-22-10-12-25-13-11-22)19-21-14-4-1-2-5-15(14)27-19;/h1-2,4-7H,3,8-13H2;1H. The molecule has 9 heteroatoms. The van der Waals surface area contributed by atoms with Crippen LogP contribution in [0.1, 0.15) is 16.1 Å². The number of thiazole rings is 1. The SMILES string of the molecule is Cl.O=C(c1ccc(Cl)s1)N(CCCN1CCOCC1)c1nc2ccccc2s1. The predicted octanol–water partition coefficient (Wildman–Crippen LogP) is 4.80. The number of carbonyl (C=O) groups excluding carboxylic acids is 1. The molecule has 3 heterocycles. The van der Waals surface area contributed by atoms with Crippen molar-refractivity contribution in [1.82, 2.24) is 9.88 Å². The normalized spacial score (nSPS) is 14.8. The molecule has 0 spiro atoms. The van der Waals surface area contributed by atoms with Crippen molar-refractivity contribution in [3.05, 3.63) is 45.6 Å². The third-order valence-electron chi connectivity index (χ3n) is 4.50. The van der Waals surface area contributed by atoms with E-state index >= 15 is 0 Å². The molecule has 1 aliphatic heterocycles. The van der Waals surface area contributed by atoms with E-state index in [1.165, 1.54) is 11.3 Å². The van der Waals surface area contributed by atoms with Gasteiger partial charge in [-0.1, -0.05) is 35.1 Å². The number of hydrogen-bond acceptors (Lipinski definition) is 6. The highest BCUT2D eigenvalue weighted by Gasteiger charge is 2.23. The van der Waals surface area contributed by atoms with Gasteiger partial charge in [-0.05, 0) is 30.7 Å². The Balaban J connectivity index is 0.00000225. The maximum Gasteiger partial charge on any atom is 0.270 e. The molecule has 0 radical (unpaired) electrons. The van der Waals surface area contributed by atoms with Crippen LogP contribution in [0.2, 0.25) is 4.34 Å². The van der Waals surface area contributed by atoms with Gasteiger partial charge in [0.05, 0.1) is 32.6 Å². The smallest absolute Gasteiger partial charge is 0.270 e. The predicted molar refractivity (Wildman–Crippen MR) is 120 cm³/mol. The van der Waals surface area contributed by atoms with Gasteiger partial charge in [-0.15, -0.1) is 23.7 Å². The van der Waals surface area contributed by atoms with Gasteiger partial charge in [0.15, 0.2) is 5.13 Å². The minimum Gasteiger partial charge on any atom is -0.379 e. The minimum atomic E-state index is -0.0343. The van der Waals surface area contributed by atoms with E-state index in [0.717, 1.165) is 54.6 Å². The van der Waals surface area contributed by atoms with E-state index in [1.807, 2.05) is 24.3 Å². The molecule has 0 unspecified atom stereocenters. The van der Waals surface area contributed by atoms with Gasteiger partial charge in [0.25, 0.3) is 5.91 Å². The zero-order chi connectivity index (χ0) is 18.6.